The van der Waals surface area contributed by atoms with E-state index < -0.39 is 0 Å². The molecule has 0 saturated carbocycles. The molecule has 2 aliphatic heterocycles. The highest BCUT2D eigenvalue weighted by atomic mass is 15.3. The second kappa shape index (κ2) is 6.65. The zero-order valence-electron chi connectivity index (χ0n) is 16.0. The standard InChI is InChI=1S/C24H27N3/c1-26-18-21(19-7-3-2-4-8-19)17-24(26)13-15-27(16-14-24)23-12-11-20-9-5-6-10-22(20)25-23/h2-12,21H,13-18H2,1H3. The number of para-hydroxylation sites is 1. The number of pyridine rings is 1. The minimum Gasteiger partial charge on any atom is -0.356 e. The first-order valence-electron chi connectivity index (χ1n) is 10.1. The maximum Gasteiger partial charge on any atom is 0.129 e. The van der Waals surface area contributed by atoms with Gasteiger partial charge in [0.05, 0.1) is 5.52 Å². The summed E-state index contributed by atoms with van der Waals surface area (Å²) in [6.45, 7) is 3.37. The van der Waals surface area contributed by atoms with Gasteiger partial charge in [-0.25, -0.2) is 4.98 Å². The van der Waals surface area contributed by atoms with Gasteiger partial charge >= 0.3 is 0 Å². The van der Waals surface area contributed by atoms with Gasteiger partial charge in [-0.1, -0.05) is 48.5 Å². The van der Waals surface area contributed by atoms with Crippen molar-refractivity contribution in [2.75, 3.05) is 31.6 Å². The van der Waals surface area contributed by atoms with E-state index in [9.17, 15) is 0 Å². The number of likely N-dealkylation sites (N-methyl/N-ethyl adjacent to an activating group) is 1. The molecule has 0 bridgehead atoms. The van der Waals surface area contributed by atoms with Crippen molar-refractivity contribution in [2.24, 2.45) is 0 Å². The fourth-order valence-corrected chi connectivity index (χ4v) is 5.12. The van der Waals surface area contributed by atoms with Gasteiger partial charge in [0.15, 0.2) is 0 Å². The summed E-state index contributed by atoms with van der Waals surface area (Å²) in [6, 6.07) is 23.8. The average Bonchev–Trinajstić information content (AvgIpc) is 3.05. The number of fused-ring (bicyclic) bond motifs is 1. The van der Waals surface area contributed by atoms with Crippen molar-refractivity contribution < 1.29 is 0 Å². The topological polar surface area (TPSA) is 19.4 Å². The van der Waals surface area contributed by atoms with Gasteiger partial charge in [-0.2, -0.15) is 0 Å². The van der Waals surface area contributed by atoms with Crippen LogP contribution >= 0.6 is 0 Å². The van der Waals surface area contributed by atoms with Crippen LogP contribution in [0.2, 0.25) is 0 Å². The van der Waals surface area contributed by atoms with Crippen LogP contribution < -0.4 is 4.90 Å². The Morgan fingerprint density at radius 1 is 0.889 bits per heavy atom. The van der Waals surface area contributed by atoms with E-state index >= 15 is 0 Å². The summed E-state index contributed by atoms with van der Waals surface area (Å²) < 4.78 is 0. The minimum absolute atomic E-state index is 0.355. The highest BCUT2D eigenvalue weighted by molar-refractivity contribution is 5.80. The van der Waals surface area contributed by atoms with Gasteiger partial charge in [0.2, 0.25) is 0 Å². The molecule has 3 heteroatoms. The maximum atomic E-state index is 4.91. The average molecular weight is 358 g/mol. The number of rotatable bonds is 2. The predicted molar refractivity (Wildman–Crippen MR) is 112 cm³/mol. The van der Waals surface area contributed by atoms with Crippen LogP contribution in [-0.4, -0.2) is 42.1 Å². The molecule has 1 atom stereocenters. The van der Waals surface area contributed by atoms with Gasteiger partial charge in [0.1, 0.15) is 5.82 Å². The van der Waals surface area contributed by atoms with Gasteiger partial charge in [-0.15, -0.1) is 0 Å². The zero-order valence-corrected chi connectivity index (χ0v) is 16.0. The Morgan fingerprint density at radius 3 is 2.44 bits per heavy atom. The Morgan fingerprint density at radius 2 is 1.63 bits per heavy atom. The lowest BCUT2D eigenvalue weighted by Crippen LogP contribution is -2.50. The number of nitrogens with zero attached hydrogens (tertiary/aromatic N) is 3. The second-order valence-corrected chi connectivity index (χ2v) is 8.27. The molecular formula is C24H27N3. The first-order valence-corrected chi connectivity index (χ1v) is 10.1. The number of hydrogen-bond donors (Lipinski definition) is 0. The van der Waals surface area contributed by atoms with Crippen molar-refractivity contribution in [2.45, 2.75) is 30.7 Å². The lowest BCUT2D eigenvalue weighted by molar-refractivity contribution is 0.137. The zero-order chi connectivity index (χ0) is 18.3. The van der Waals surface area contributed by atoms with Crippen LogP contribution in [0.5, 0.6) is 0 Å². The van der Waals surface area contributed by atoms with Crippen LogP contribution in [0.3, 0.4) is 0 Å². The van der Waals surface area contributed by atoms with E-state index in [-0.39, 0.29) is 0 Å². The van der Waals surface area contributed by atoms with Gasteiger partial charge in [-0.05, 0) is 56.0 Å². The van der Waals surface area contributed by atoms with Crippen LogP contribution in [-0.2, 0) is 0 Å². The molecule has 0 aliphatic carbocycles. The molecular weight excluding hydrogens is 330 g/mol. The summed E-state index contributed by atoms with van der Waals surface area (Å²) in [5.41, 5.74) is 2.95. The summed E-state index contributed by atoms with van der Waals surface area (Å²) in [5, 5.41) is 1.22. The third-order valence-corrected chi connectivity index (χ3v) is 6.80. The summed E-state index contributed by atoms with van der Waals surface area (Å²) in [7, 11) is 2.33. The monoisotopic (exact) mass is 357 g/mol. The van der Waals surface area contributed by atoms with Gasteiger partial charge < -0.3 is 4.90 Å². The summed E-state index contributed by atoms with van der Waals surface area (Å²) in [5.74, 6) is 1.80. The van der Waals surface area contributed by atoms with Crippen molar-refractivity contribution >= 4 is 16.7 Å². The third kappa shape index (κ3) is 3.00. The molecule has 0 N–H and O–H groups in total. The summed E-state index contributed by atoms with van der Waals surface area (Å²) in [6.07, 6.45) is 3.73. The van der Waals surface area contributed by atoms with Crippen LogP contribution in [0.25, 0.3) is 10.9 Å². The number of anilines is 1. The molecule has 138 valence electrons. The quantitative estimate of drug-likeness (QED) is 0.663. The predicted octanol–water partition coefficient (Wildman–Crippen LogP) is 4.69. The van der Waals surface area contributed by atoms with E-state index in [1.54, 1.807) is 0 Å². The van der Waals surface area contributed by atoms with E-state index in [1.165, 1.54) is 36.8 Å². The highest BCUT2D eigenvalue weighted by Gasteiger charge is 2.45. The normalized spacial score (nSPS) is 22.6. The van der Waals surface area contributed by atoms with E-state index in [4.69, 9.17) is 4.98 Å². The molecule has 0 radical (unpaired) electrons. The Balaban J connectivity index is 1.32. The molecule has 1 spiro atoms. The molecule has 2 saturated heterocycles. The molecule has 2 aliphatic rings. The number of aromatic nitrogens is 1. The fourth-order valence-electron chi connectivity index (χ4n) is 5.12. The number of hydrogen-bond acceptors (Lipinski definition) is 3. The summed E-state index contributed by atoms with van der Waals surface area (Å²) >= 11 is 0. The smallest absolute Gasteiger partial charge is 0.129 e. The first kappa shape index (κ1) is 16.8. The van der Waals surface area contributed by atoms with Crippen molar-refractivity contribution in [1.82, 2.24) is 9.88 Å². The van der Waals surface area contributed by atoms with Crippen molar-refractivity contribution in [3.8, 4) is 0 Å². The summed E-state index contributed by atoms with van der Waals surface area (Å²) in [4.78, 5) is 10.0. The van der Waals surface area contributed by atoms with Crippen molar-refractivity contribution in [3.05, 3.63) is 72.3 Å². The SMILES string of the molecule is CN1CC(c2ccccc2)CC12CCN(c1ccc3ccccc3n1)CC2. The lowest BCUT2D eigenvalue weighted by Gasteiger charge is -2.44. The van der Waals surface area contributed by atoms with E-state index in [0.717, 1.165) is 24.4 Å². The Bertz CT molecular complexity index is 929. The number of likely N-dealkylation sites (tertiary alicyclic amines) is 1. The van der Waals surface area contributed by atoms with Crippen molar-refractivity contribution in [3.63, 3.8) is 0 Å². The van der Waals surface area contributed by atoms with Crippen LogP contribution in [0.4, 0.5) is 5.82 Å². The third-order valence-electron chi connectivity index (χ3n) is 6.80. The molecule has 3 nitrogen and oxygen atoms in total. The van der Waals surface area contributed by atoms with Gasteiger partial charge in [0.25, 0.3) is 0 Å². The van der Waals surface area contributed by atoms with Crippen LogP contribution in [0.1, 0.15) is 30.7 Å². The number of piperidine rings is 1. The lowest BCUT2D eigenvalue weighted by atomic mass is 9.81. The number of benzene rings is 2. The largest absolute Gasteiger partial charge is 0.356 e. The fraction of sp³-hybridized carbons (Fsp3) is 0.375. The molecule has 2 aromatic carbocycles. The Kier molecular flexibility index (Phi) is 4.13. The van der Waals surface area contributed by atoms with E-state index in [1.807, 2.05) is 0 Å². The first-order chi connectivity index (χ1) is 13.2. The van der Waals surface area contributed by atoms with Crippen LogP contribution in [0, 0.1) is 0 Å². The molecule has 27 heavy (non-hydrogen) atoms. The molecule has 2 fully saturated rings. The van der Waals surface area contributed by atoms with E-state index in [2.05, 4.69) is 83.6 Å². The molecule has 3 aromatic rings. The van der Waals surface area contributed by atoms with Crippen LogP contribution in [0.15, 0.2) is 66.7 Å². The molecule has 1 unspecified atom stereocenters. The van der Waals surface area contributed by atoms with Gasteiger partial charge in [0, 0.05) is 30.6 Å². The maximum absolute atomic E-state index is 4.91. The Hall–Kier alpha value is -2.39. The van der Waals surface area contributed by atoms with Crippen molar-refractivity contribution in [1.29, 1.82) is 0 Å². The molecule has 5 rings (SSSR count). The molecule has 0 amide bonds. The minimum atomic E-state index is 0.355. The van der Waals surface area contributed by atoms with E-state index in [0.29, 0.717) is 11.5 Å². The highest BCUT2D eigenvalue weighted by Crippen LogP contribution is 2.44. The van der Waals surface area contributed by atoms with Gasteiger partial charge in [-0.3, -0.25) is 4.90 Å². The second-order valence-electron chi connectivity index (χ2n) is 8.27. The Labute approximate surface area is 161 Å². The molecule has 3 heterocycles. The molecule has 1 aromatic heterocycles.